The maximum absolute atomic E-state index is 11.7. The molecule has 0 aliphatic heterocycles. The number of carbonyl (C=O) groups is 1. The van der Waals surface area contributed by atoms with Gasteiger partial charge in [0.15, 0.2) is 11.9 Å². The fourth-order valence-electron chi connectivity index (χ4n) is 1.76. The number of anilines is 1. The van der Waals surface area contributed by atoms with Crippen LogP contribution >= 0.6 is 11.6 Å². The molecule has 0 bridgehead atoms. The number of nitrogens with zero attached hydrogens (tertiary/aromatic N) is 1. The van der Waals surface area contributed by atoms with Gasteiger partial charge >= 0.3 is 6.03 Å². The van der Waals surface area contributed by atoms with E-state index in [0.29, 0.717) is 5.69 Å². The lowest BCUT2D eigenvalue weighted by Gasteiger charge is -2.12. The molecule has 0 spiro atoms. The molecule has 0 unspecified atom stereocenters. The Labute approximate surface area is 128 Å². The fourth-order valence-corrected chi connectivity index (χ4v) is 1.93. The van der Waals surface area contributed by atoms with Crippen LogP contribution in [0.25, 0.3) is 0 Å². The molecule has 2 rings (SSSR count). The zero-order valence-electron chi connectivity index (χ0n) is 11.6. The summed E-state index contributed by atoms with van der Waals surface area (Å²) in [6.45, 7) is 2.12. The van der Waals surface area contributed by atoms with Crippen molar-refractivity contribution in [2.24, 2.45) is 0 Å². The number of aromatic nitrogens is 1. The van der Waals surface area contributed by atoms with Crippen molar-refractivity contribution < 1.29 is 9.53 Å². The number of nitrogens with one attached hydrogen (secondary N) is 2. The van der Waals surface area contributed by atoms with Gasteiger partial charge in [0.25, 0.3) is 0 Å². The van der Waals surface area contributed by atoms with Crippen molar-refractivity contribution in [3.05, 3.63) is 53.3 Å². The van der Waals surface area contributed by atoms with Gasteiger partial charge in [-0.25, -0.2) is 9.78 Å². The van der Waals surface area contributed by atoms with Crippen LogP contribution in [-0.2, 0) is 6.42 Å². The minimum Gasteiger partial charge on any atom is -0.473 e. The molecule has 0 atom stereocenters. The Hall–Kier alpha value is -2.27. The Kier molecular flexibility index (Phi) is 5.40. The zero-order chi connectivity index (χ0) is 15.1. The number of halogens is 1. The lowest BCUT2D eigenvalue weighted by molar-refractivity contribution is 0.234. The van der Waals surface area contributed by atoms with Crippen molar-refractivity contribution in [1.29, 1.82) is 0 Å². The minimum atomic E-state index is -0.404. The van der Waals surface area contributed by atoms with Crippen LogP contribution in [0.1, 0.15) is 12.5 Å². The van der Waals surface area contributed by atoms with Crippen LogP contribution in [0.2, 0.25) is 5.15 Å². The predicted molar refractivity (Wildman–Crippen MR) is 82.7 cm³/mol. The number of benzene rings is 1. The molecular weight excluding hydrogens is 290 g/mol. The third-order valence-corrected chi connectivity index (χ3v) is 3.12. The van der Waals surface area contributed by atoms with Crippen LogP contribution < -0.4 is 15.4 Å². The molecular formula is C15H16ClN3O2. The molecule has 6 heteroatoms. The van der Waals surface area contributed by atoms with Crippen molar-refractivity contribution in [3.63, 3.8) is 0 Å². The Morgan fingerprint density at radius 3 is 2.86 bits per heavy atom. The summed E-state index contributed by atoms with van der Waals surface area (Å²) >= 11 is 5.85. The highest BCUT2D eigenvalue weighted by atomic mass is 35.5. The predicted octanol–water partition coefficient (Wildman–Crippen LogP) is 3.46. The van der Waals surface area contributed by atoms with E-state index in [1.165, 1.54) is 0 Å². The average molecular weight is 306 g/mol. The number of hydrogen-bond acceptors (Lipinski definition) is 3. The lowest BCUT2D eigenvalue weighted by Crippen LogP contribution is -2.32. The molecule has 0 saturated heterocycles. The molecule has 2 N–H and O–H groups in total. The molecule has 110 valence electrons. The first-order valence-corrected chi connectivity index (χ1v) is 6.94. The van der Waals surface area contributed by atoms with E-state index in [9.17, 15) is 4.79 Å². The molecule has 2 aromatic rings. The van der Waals surface area contributed by atoms with Gasteiger partial charge in [-0.15, -0.1) is 0 Å². The van der Waals surface area contributed by atoms with E-state index in [1.54, 1.807) is 18.3 Å². The van der Waals surface area contributed by atoms with Crippen molar-refractivity contribution >= 4 is 23.3 Å². The SMILES string of the molecule is CCc1ccccc1OCNC(=O)Nc1cccnc1Cl. The van der Waals surface area contributed by atoms with E-state index in [0.717, 1.165) is 17.7 Å². The first-order chi connectivity index (χ1) is 10.2. The summed E-state index contributed by atoms with van der Waals surface area (Å²) in [5.74, 6) is 0.764. The van der Waals surface area contributed by atoms with Gasteiger partial charge in [0.05, 0.1) is 5.69 Å². The number of rotatable bonds is 5. The lowest BCUT2D eigenvalue weighted by atomic mass is 10.1. The minimum absolute atomic E-state index is 0.0702. The molecule has 1 aromatic carbocycles. The topological polar surface area (TPSA) is 63.2 Å². The smallest absolute Gasteiger partial charge is 0.321 e. The van der Waals surface area contributed by atoms with Gasteiger partial charge in [0, 0.05) is 6.20 Å². The van der Waals surface area contributed by atoms with Gasteiger partial charge < -0.3 is 15.4 Å². The highest BCUT2D eigenvalue weighted by molar-refractivity contribution is 6.32. The standard InChI is InChI=1S/C15H16ClN3O2/c1-2-11-6-3-4-8-13(11)21-10-18-15(20)19-12-7-5-9-17-14(12)16/h3-9H,2,10H2,1H3,(H2,18,19,20). The first kappa shape index (κ1) is 15.1. The summed E-state index contributed by atoms with van der Waals surface area (Å²) < 4.78 is 5.55. The normalized spacial score (nSPS) is 10.0. The molecule has 21 heavy (non-hydrogen) atoms. The fraction of sp³-hybridized carbons (Fsp3) is 0.200. The number of hydrogen-bond donors (Lipinski definition) is 2. The Balaban J connectivity index is 1.83. The summed E-state index contributed by atoms with van der Waals surface area (Å²) in [6.07, 6.45) is 2.42. The van der Waals surface area contributed by atoms with Crippen LogP contribution in [0, 0.1) is 0 Å². The number of ether oxygens (including phenoxy) is 1. The van der Waals surface area contributed by atoms with Gasteiger partial charge in [-0.1, -0.05) is 36.7 Å². The maximum atomic E-state index is 11.7. The van der Waals surface area contributed by atoms with Crippen LogP contribution in [0.4, 0.5) is 10.5 Å². The number of pyridine rings is 1. The number of para-hydroxylation sites is 1. The highest BCUT2D eigenvalue weighted by Gasteiger charge is 2.06. The van der Waals surface area contributed by atoms with E-state index < -0.39 is 6.03 Å². The third-order valence-electron chi connectivity index (χ3n) is 2.82. The first-order valence-electron chi connectivity index (χ1n) is 6.56. The zero-order valence-corrected chi connectivity index (χ0v) is 12.4. The van der Waals surface area contributed by atoms with Crippen LogP contribution in [0.15, 0.2) is 42.6 Å². The number of aryl methyl sites for hydroxylation is 1. The van der Waals surface area contributed by atoms with E-state index >= 15 is 0 Å². The molecule has 2 amide bonds. The van der Waals surface area contributed by atoms with Gasteiger partial charge in [-0.2, -0.15) is 0 Å². The Bertz CT molecular complexity index is 619. The summed E-state index contributed by atoms with van der Waals surface area (Å²) in [7, 11) is 0. The van der Waals surface area contributed by atoms with Gasteiger partial charge in [-0.3, -0.25) is 0 Å². The summed E-state index contributed by atoms with van der Waals surface area (Å²) in [5.41, 5.74) is 1.54. The monoisotopic (exact) mass is 305 g/mol. The van der Waals surface area contributed by atoms with Gasteiger partial charge in [0.2, 0.25) is 0 Å². The Morgan fingerprint density at radius 2 is 2.10 bits per heavy atom. The van der Waals surface area contributed by atoms with Gasteiger partial charge in [0.1, 0.15) is 5.75 Å². The average Bonchev–Trinajstić information content (AvgIpc) is 2.50. The van der Waals surface area contributed by atoms with Crippen LogP contribution in [0.3, 0.4) is 0 Å². The van der Waals surface area contributed by atoms with E-state index in [-0.39, 0.29) is 11.9 Å². The molecule has 0 saturated carbocycles. The van der Waals surface area contributed by atoms with E-state index in [1.807, 2.05) is 31.2 Å². The summed E-state index contributed by atoms with van der Waals surface area (Å²) in [6, 6.07) is 10.7. The summed E-state index contributed by atoms with van der Waals surface area (Å²) in [5, 5.41) is 5.44. The second kappa shape index (κ2) is 7.50. The van der Waals surface area contributed by atoms with Gasteiger partial charge in [-0.05, 0) is 30.2 Å². The number of urea groups is 1. The number of amides is 2. The molecule has 5 nitrogen and oxygen atoms in total. The molecule has 0 fully saturated rings. The number of carbonyl (C=O) groups excluding carboxylic acids is 1. The van der Waals surface area contributed by atoms with Crippen LogP contribution in [0.5, 0.6) is 5.75 Å². The second-order valence-corrected chi connectivity index (χ2v) is 4.58. The largest absolute Gasteiger partial charge is 0.473 e. The quantitative estimate of drug-likeness (QED) is 0.657. The molecule has 1 heterocycles. The maximum Gasteiger partial charge on any atom is 0.321 e. The molecule has 1 aromatic heterocycles. The van der Waals surface area contributed by atoms with Crippen molar-refractivity contribution in [3.8, 4) is 5.75 Å². The molecule has 0 aliphatic carbocycles. The molecule has 0 aliphatic rings. The Morgan fingerprint density at radius 1 is 1.29 bits per heavy atom. The van der Waals surface area contributed by atoms with E-state index in [2.05, 4.69) is 15.6 Å². The third kappa shape index (κ3) is 4.36. The second-order valence-electron chi connectivity index (χ2n) is 4.22. The molecule has 0 radical (unpaired) electrons. The van der Waals surface area contributed by atoms with Crippen molar-refractivity contribution in [2.75, 3.05) is 12.0 Å². The summed E-state index contributed by atoms with van der Waals surface area (Å²) in [4.78, 5) is 15.6. The van der Waals surface area contributed by atoms with Crippen molar-refractivity contribution in [1.82, 2.24) is 10.3 Å². The highest BCUT2D eigenvalue weighted by Crippen LogP contribution is 2.18. The van der Waals surface area contributed by atoms with Crippen LogP contribution in [-0.4, -0.2) is 17.7 Å². The van der Waals surface area contributed by atoms with E-state index in [4.69, 9.17) is 16.3 Å². The van der Waals surface area contributed by atoms with Crippen molar-refractivity contribution in [2.45, 2.75) is 13.3 Å².